The fraction of sp³-hybridized carbons (Fsp3) is 0.222. The van der Waals surface area contributed by atoms with Gasteiger partial charge in [0.25, 0.3) is 0 Å². The second kappa shape index (κ2) is 9.17. The molecule has 0 radical (unpaired) electrons. The van der Waals surface area contributed by atoms with Crippen LogP contribution in [0, 0.1) is 11.8 Å². The maximum Gasteiger partial charge on any atom is 0.408 e. The van der Waals surface area contributed by atoms with Crippen LogP contribution in [0.15, 0.2) is 77.6 Å². The zero-order valence-electron chi connectivity index (χ0n) is 18.8. The van der Waals surface area contributed by atoms with Crippen LogP contribution in [0.5, 0.6) is 0 Å². The zero-order chi connectivity index (χ0) is 23.4. The molecule has 0 saturated heterocycles. The molecule has 1 amide bonds. The summed E-state index contributed by atoms with van der Waals surface area (Å²) in [4.78, 5) is 17.6. The standard InChI is InChI=1S/C27H25N3O3/c1-27(2,3)30(26(31)32)23(15-19-7-5-4-6-8-19)11-12-24-17-25(29-33-24)21-9-10-22-18-28-14-13-20(22)16-21/h4-10,13-14,16-18,23H,15H2,1-3H3,(H,31,32). The molecule has 1 atom stereocenters. The minimum atomic E-state index is -1.01. The Balaban J connectivity index is 1.64. The van der Waals surface area contributed by atoms with Gasteiger partial charge in [0.2, 0.25) is 5.76 Å². The first-order valence-electron chi connectivity index (χ1n) is 10.7. The van der Waals surface area contributed by atoms with Gasteiger partial charge in [0.1, 0.15) is 11.7 Å². The van der Waals surface area contributed by atoms with E-state index in [4.69, 9.17) is 4.52 Å². The van der Waals surface area contributed by atoms with Crippen LogP contribution in [0.3, 0.4) is 0 Å². The number of benzene rings is 2. The van der Waals surface area contributed by atoms with Gasteiger partial charge in [0.15, 0.2) is 0 Å². The maximum absolute atomic E-state index is 12.1. The van der Waals surface area contributed by atoms with Gasteiger partial charge < -0.3 is 9.63 Å². The van der Waals surface area contributed by atoms with Gasteiger partial charge in [-0.1, -0.05) is 53.5 Å². The molecule has 0 aliphatic rings. The SMILES string of the molecule is CC(C)(C)N(C(=O)O)C(C#Cc1cc(-c2ccc3cnccc3c2)no1)Cc1ccccc1. The minimum Gasteiger partial charge on any atom is -0.465 e. The lowest BCUT2D eigenvalue weighted by Gasteiger charge is -2.37. The highest BCUT2D eigenvalue weighted by atomic mass is 16.5. The molecule has 1 unspecified atom stereocenters. The number of fused-ring (bicyclic) bond motifs is 1. The molecule has 4 rings (SSSR count). The van der Waals surface area contributed by atoms with Crippen LogP contribution >= 0.6 is 0 Å². The van der Waals surface area contributed by atoms with Crippen LogP contribution in [0.2, 0.25) is 0 Å². The molecule has 1 N–H and O–H groups in total. The van der Waals surface area contributed by atoms with Gasteiger partial charge in [-0.25, -0.2) is 4.79 Å². The molecule has 2 heterocycles. The minimum absolute atomic E-state index is 0.386. The predicted molar refractivity (Wildman–Crippen MR) is 128 cm³/mol. The van der Waals surface area contributed by atoms with E-state index >= 15 is 0 Å². The first-order chi connectivity index (χ1) is 15.8. The van der Waals surface area contributed by atoms with E-state index in [0.717, 1.165) is 21.9 Å². The molecular weight excluding hydrogens is 414 g/mol. The van der Waals surface area contributed by atoms with Crippen molar-refractivity contribution in [3.05, 3.63) is 84.4 Å². The van der Waals surface area contributed by atoms with Crippen molar-refractivity contribution in [1.29, 1.82) is 0 Å². The lowest BCUT2D eigenvalue weighted by molar-refractivity contribution is 0.0856. The molecule has 2 aromatic carbocycles. The Morgan fingerprint density at radius 3 is 2.61 bits per heavy atom. The molecule has 0 spiro atoms. The third-order valence-electron chi connectivity index (χ3n) is 5.32. The van der Waals surface area contributed by atoms with E-state index in [1.54, 1.807) is 12.3 Å². The summed E-state index contributed by atoms with van der Waals surface area (Å²) in [5.41, 5.74) is 1.97. The average Bonchev–Trinajstić information content (AvgIpc) is 3.26. The van der Waals surface area contributed by atoms with E-state index < -0.39 is 17.7 Å². The number of pyridine rings is 1. The normalized spacial score (nSPS) is 12.1. The quantitative estimate of drug-likeness (QED) is 0.417. The molecule has 6 heteroatoms. The number of nitrogens with zero attached hydrogens (tertiary/aromatic N) is 3. The summed E-state index contributed by atoms with van der Waals surface area (Å²) in [6.45, 7) is 5.59. The van der Waals surface area contributed by atoms with E-state index in [9.17, 15) is 9.90 Å². The van der Waals surface area contributed by atoms with E-state index in [-0.39, 0.29) is 0 Å². The number of aromatic nitrogens is 2. The number of hydrogen-bond acceptors (Lipinski definition) is 4. The fourth-order valence-corrected chi connectivity index (χ4v) is 3.80. The van der Waals surface area contributed by atoms with Crippen molar-refractivity contribution in [2.45, 2.75) is 38.8 Å². The topological polar surface area (TPSA) is 79.5 Å². The first-order valence-corrected chi connectivity index (χ1v) is 10.7. The molecule has 0 bridgehead atoms. The number of carbonyl (C=O) groups is 1. The third-order valence-corrected chi connectivity index (χ3v) is 5.32. The van der Waals surface area contributed by atoms with Crippen LogP contribution in [-0.2, 0) is 6.42 Å². The molecule has 0 aliphatic carbocycles. The molecule has 166 valence electrons. The van der Waals surface area contributed by atoms with Crippen molar-refractivity contribution < 1.29 is 14.4 Å². The maximum atomic E-state index is 12.1. The van der Waals surface area contributed by atoms with Crippen molar-refractivity contribution in [2.75, 3.05) is 0 Å². The number of amides is 1. The molecule has 0 saturated carbocycles. The fourth-order valence-electron chi connectivity index (χ4n) is 3.80. The Morgan fingerprint density at radius 2 is 1.88 bits per heavy atom. The Hall–Kier alpha value is -4.11. The highest BCUT2D eigenvalue weighted by molar-refractivity contribution is 5.86. The largest absolute Gasteiger partial charge is 0.465 e. The van der Waals surface area contributed by atoms with Crippen LogP contribution in [0.1, 0.15) is 32.1 Å². The summed E-state index contributed by atoms with van der Waals surface area (Å²) in [7, 11) is 0. The smallest absolute Gasteiger partial charge is 0.408 e. The zero-order valence-corrected chi connectivity index (χ0v) is 18.8. The Labute approximate surface area is 192 Å². The van der Waals surface area contributed by atoms with Gasteiger partial charge in [-0.15, -0.1) is 0 Å². The van der Waals surface area contributed by atoms with E-state index in [0.29, 0.717) is 17.9 Å². The van der Waals surface area contributed by atoms with Gasteiger partial charge in [0, 0.05) is 41.4 Å². The third kappa shape index (κ3) is 5.21. The van der Waals surface area contributed by atoms with Gasteiger partial charge in [-0.3, -0.25) is 9.88 Å². The Morgan fingerprint density at radius 1 is 1.09 bits per heavy atom. The summed E-state index contributed by atoms with van der Waals surface area (Å²) < 4.78 is 5.46. The van der Waals surface area contributed by atoms with Crippen LogP contribution in [0.25, 0.3) is 22.0 Å². The highest BCUT2D eigenvalue weighted by Crippen LogP contribution is 2.24. The lowest BCUT2D eigenvalue weighted by atomic mass is 9.98. The first kappa shape index (κ1) is 22.1. The average molecular weight is 440 g/mol. The number of carboxylic acid groups (broad SMARTS) is 1. The summed E-state index contributed by atoms with van der Waals surface area (Å²) >= 11 is 0. The predicted octanol–water partition coefficient (Wildman–Crippen LogP) is 5.63. The molecule has 2 aromatic heterocycles. The summed E-state index contributed by atoms with van der Waals surface area (Å²) in [5, 5.41) is 16.2. The molecule has 4 aromatic rings. The second-order valence-corrected chi connectivity index (χ2v) is 8.81. The van der Waals surface area contributed by atoms with Crippen molar-refractivity contribution >= 4 is 16.9 Å². The van der Waals surface area contributed by atoms with E-state index in [2.05, 4.69) is 22.0 Å². The monoisotopic (exact) mass is 439 g/mol. The van der Waals surface area contributed by atoms with Crippen LogP contribution in [-0.4, -0.2) is 37.8 Å². The van der Waals surface area contributed by atoms with Crippen molar-refractivity contribution in [3.63, 3.8) is 0 Å². The summed E-state index contributed by atoms with van der Waals surface area (Å²) in [5.74, 6) is 6.51. The van der Waals surface area contributed by atoms with Crippen LogP contribution < -0.4 is 0 Å². The Kier molecular flexibility index (Phi) is 6.14. The number of rotatable bonds is 4. The number of hydrogen-bond donors (Lipinski definition) is 1. The Bertz CT molecular complexity index is 1330. The van der Waals surface area contributed by atoms with Gasteiger partial charge in [0.05, 0.1) is 0 Å². The second-order valence-electron chi connectivity index (χ2n) is 8.81. The van der Waals surface area contributed by atoms with Gasteiger partial charge in [-0.2, -0.15) is 0 Å². The van der Waals surface area contributed by atoms with Crippen molar-refractivity contribution in [2.24, 2.45) is 0 Å². The highest BCUT2D eigenvalue weighted by Gasteiger charge is 2.32. The summed E-state index contributed by atoms with van der Waals surface area (Å²) in [6, 6.07) is 18.9. The van der Waals surface area contributed by atoms with Crippen LogP contribution in [0.4, 0.5) is 4.79 Å². The molecule has 33 heavy (non-hydrogen) atoms. The van der Waals surface area contributed by atoms with Gasteiger partial charge >= 0.3 is 6.09 Å². The van der Waals surface area contributed by atoms with E-state index in [1.807, 2.05) is 81.6 Å². The lowest BCUT2D eigenvalue weighted by Crippen LogP contribution is -2.51. The molecule has 0 aliphatic heterocycles. The molecule has 0 fully saturated rings. The molecule has 6 nitrogen and oxygen atoms in total. The van der Waals surface area contributed by atoms with Crippen molar-refractivity contribution in [1.82, 2.24) is 15.0 Å². The van der Waals surface area contributed by atoms with Gasteiger partial charge in [-0.05, 0) is 49.8 Å². The summed E-state index contributed by atoms with van der Waals surface area (Å²) in [6.07, 6.45) is 3.02. The van der Waals surface area contributed by atoms with E-state index in [1.165, 1.54) is 4.90 Å². The van der Waals surface area contributed by atoms with Crippen molar-refractivity contribution in [3.8, 4) is 23.1 Å². The molecular formula is C27H25N3O3.